The molecule has 0 spiro atoms. The van der Waals surface area contributed by atoms with Gasteiger partial charge in [-0.25, -0.2) is 4.79 Å². The van der Waals surface area contributed by atoms with Gasteiger partial charge in [0.25, 0.3) is 0 Å². The van der Waals surface area contributed by atoms with Gasteiger partial charge in [0.2, 0.25) is 11.2 Å². The van der Waals surface area contributed by atoms with Crippen molar-refractivity contribution < 1.29 is 53.8 Å². The zero-order valence-electron chi connectivity index (χ0n) is 21.7. The smallest absolute Gasteiger partial charge is 0.335 e. The SMILES string of the molecule is COC(=O)C[C@H](c1ccc(-c2cccc(C(=O)O)c2)o1)c1c(O)cc(O)c2c(=O)c(O)c(-c3ccc(O)c(O)c3)oc12. The highest BCUT2D eigenvalue weighted by Gasteiger charge is 2.32. The summed E-state index contributed by atoms with van der Waals surface area (Å²) in [4.78, 5) is 37.2. The van der Waals surface area contributed by atoms with Crippen LogP contribution in [0.1, 0.15) is 34.0 Å². The van der Waals surface area contributed by atoms with Crippen LogP contribution in [0.5, 0.6) is 28.7 Å². The fraction of sp³-hybridized carbons (Fsp3) is 0.100. The molecule has 0 saturated carbocycles. The molecule has 2 heterocycles. The second-order valence-corrected chi connectivity index (χ2v) is 9.27. The molecule has 12 nitrogen and oxygen atoms in total. The van der Waals surface area contributed by atoms with Crippen LogP contribution in [-0.2, 0) is 9.53 Å². The molecule has 42 heavy (non-hydrogen) atoms. The van der Waals surface area contributed by atoms with Crippen LogP contribution >= 0.6 is 0 Å². The lowest BCUT2D eigenvalue weighted by Crippen LogP contribution is -2.12. The quantitative estimate of drug-likeness (QED) is 0.116. The molecule has 3 aromatic carbocycles. The number of aromatic hydroxyl groups is 5. The molecule has 12 heteroatoms. The standard InChI is InChI=1S/C30H22O12/c1-40-23(35)11-16(22-8-7-21(41-22)13-3-2-4-15(9-13)30(38)39)24-19(33)12-20(34)25-26(36)27(37)28(42-29(24)25)14-5-6-17(31)18(32)10-14/h2-10,12,16,31-34,37H,11H2,1H3,(H,38,39)/t16-/m1/s1. The van der Waals surface area contributed by atoms with E-state index in [0.717, 1.165) is 25.3 Å². The Morgan fingerprint density at radius 3 is 2.29 bits per heavy atom. The number of rotatable bonds is 7. The third-order valence-corrected chi connectivity index (χ3v) is 6.69. The normalized spacial score (nSPS) is 11.8. The number of carbonyl (C=O) groups excluding carboxylic acids is 1. The third kappa shape index (κ3) is 4.81. The molecule has 1 atom stereocenters. The van der Waals surface area contributed by atoms with Gasteiger partial charge in [0.1, 0.15) is 34.0 Å². The Balaban J connectivity index is 1.76. The molecular weight excluding hydrogens is 552 g/mol. The Bertz CT molecular complexity index is 1930. The van der Waals surface area contributed by atoms with Gasteiger partial charge in [0.05, 0.1) is 25.0 Å². The highest BCUT2D eigenvalue weighted by Crippen LogP contribution is 2.45. The Hall–Kier alpha value is -5.91. The molecule has 0 aliphatic heterocycles. The number of carbonyl (C=O) groups is 2. The third-order valence-electron chi connectivity index (χ3n) is 6.69. The first-order chi connectivity index (χ1) is 20.0. The summed E-state index contributed by atoms with van der Waals surface area (Å²) in [6.07, 6.45) is -0.439. The van der Waals surface area contributed by atoms with E-state index in [9.17, 15) is 45.0 Å². The molecule has 2 aromatic heterocycles. The molecule has 0 amide bonds. The summed E-state index contributed by atoms with van der Waals surface area (Å²) in [5.41, 5.74) is -1.28. The molecule has 6 N–H and O–H groups in total. The lowest BCUT2D eigenvalue weighted by molar-refractivity contribution is -0.140. The topological polar surface area (TPSA) is 208 Å². The number of methoxy groups -OCH3 is 1. The molecule has 5 aromatic rings. The number of furan rings is 1. The lowest BCUT2D eigenvalue weighted by Gasteiger charge is -2.18. The van der Waals surface area contributed by atoms with Crippen molar-refractivity contribution in [3.05, 3.63) is 87.8 Å². The van der Waals surface area contributed by atoms with E-state index in [4.69, 9.17) is 13.6 Å². The summed E-state index contributed by atoms with van der Waals surface area (Å²) < 4.78 is 16.7. The van der Waals surface area contributed by atoms with Gasteiger partial charge >= 0.3 is 11.9 Å². The first-order valence-electron chi connectivity index (χ1n) is 12.3. The Morgan fingerprint density at radius 2 is 1.60 bits per heavy atom. The number of phenolic OH excluding ortho intramolecular Hbond substituents is 4. The van der Waals surface area contributed by atoms with Crippen LogP contribution in [0.2, 0.25) is 0 Å². The summed E-state index contributed by atoms with van der Waals surface area (Å²) in [6, 6.07) is 13.1. The zero-order valence-corrected chi connectivity index (χ0v) is 21.7. The van der Waals surface area contributed by atoms with Crippen LogP contribution in [0.4, 0.5) is 0 Å². The minimum absolute atomic E-state index is 0.00751. The number of ether oxygens (including phenoxy) is 1. The summed E-state index contributed by atoms with van der Waals surface area (Å²) in [5.74, 6) is -6.51. The van der Waals surface area contributed by atoms with Crippen LogP contribution in [0, 0.1) is 0 Å². The number of hydrogen-bond acceptors (Lipinski definition) is 11. The minimum Gasteiger partial charge on any atom is -0.507 e. The van der Waals surface area contributed by atoms with E-state index >= 15 is 0 Å². The van der Waals surface area contributed by atoms with E-state index in [1.807, 2.05) is 0 Å². The van der Waals surface area contributed by atoms with Gasteiger partial charge in [-0.05, 0) is 42.5 Å². The van der Waals surface area contributed by atoms with Crippen LogP contribution in [0.15, 0.2) is 74.3 Å². The second-order valence-electron chi connectivity index (χ2n) is 9.27. The number of carboxylic acid groups (broad SMARTS) is 1. The van der Waals surface area contributed by atoms with Crippen LogP contribution in [0.25, 0.3) is 33.6 Å². The number of benzene rings is 3. The lowest BCUT2D eigenvalue weighted by atomic mass is 9.90. The van der Waals surface area contributed by atoms with E-state index in [1.54, 1.807) is 6.07 Å². The number of carboxylic acids is 1. The van der Waals surface area contributed by atoms with E-state index in [0.29, 0.717) is 5.56 Å². The molecule has 0 aliphatic carbocycles. The van der Waals surface area contributed by atoms with E-state index in [1.165, 1.54) is 36.4 Å². The molecule has 0 bridgehead atoms. The predicted molar refractivity (Wildman–Crippen MR) is 146 cm³/mol. The van der Waals surface area contributed by atoms with Gasteiger partial charge in [-0.1, -0.05) is 12.1 Å². The molecule has 0 fully saturated rings. The van der Waals surface area contributed by atoms with Crippen molar-refractivity contribution in [3.8, 4) is 51.4 Å². The highest BCUT2D eigenvalue weighted by molar-refractivity contribution is 5.92. The van der Waals surface area contributed by atoms with Crippen LogP contribution in [-0.4, -0.2) is 49.7 Å². The Morgan fingerprint density at radius 1 is 0.833 bits per heavy atom. The van der Waals surface area contributed by atoms with Gasteiger partial charge in [-0.2, -0.15) is 0 Å². The zero-order chi connectivity index (χ0) is 30.3. The number of phenols is 4. The van der Waals surface area contributed by atoms with Gasteiger partial charge < -0.3 is 44.2 Å². The van der Waals surface area contributed by atoms with Gasteiger partial charge in [0, 0.05) is 22.8 Å². The summed E-state index contributed by atoms with van der Waals surface area (Å²) in [5, 5.41) is 60.7. The van der Waals surface area contributed by atoms with Gasteiger partial charge in [0.15, 0.2) is 17.3 Å². The number of hydrogen-bond donors (Lipinski definition) is 6. The summed E-state index contributed by atoms with van der Waals surface area (Å²) >= 11 is 0. The molecule has 214 valence electrons. The average Bonchev–Trinajstić information content (AvgIpc) is 3.45. The fourth-order valence-electron chi connectivity index (χ4n) is 4.64. The molecular formula is C30H22O12. The monoisotopic (exact) mass is 574 g/mol. The van der Waals surface area contributed by atoms with E-state index in [-0.39, 0.29) is 28.2 Å². The van der Waals surface area contributed by atoms with Gasteiger partial charge in [-0.3, -0.25) is 9.59 Å². The van der Waals surface area contributed by atoms with Crippen LogP contribution < -0.4 is 5.43 Å². The molecule has 0 radical (unpaired) electrons. The molecule has 0 unspecified atom stereocenters. The second kappa shape index (κ2) is 10.6. The van der Waals surface area contributed by atoms with Crippen molar-refractivity contribution in [1.82, 2.24) is 0 Å². The highest BCUT2D eigenvalue weighted by atomic mass is 16.5. The van der Waals surface area contributed by atoms with Crippen molar-refractivity contribution in [2.45, 2.75) is 12.3 Å². The van der Waals surface area contributed by atoms with Crippen molar-refractivity contribution in [1.29, 1.82) is 0 Å². The summed E-state index contributed by atoms with van der Waals surface area (Å²) in [6.45, 7) is 0. The largest absolute Gasteiger partial charge is 0.507 e. The minimum atomic E-state index is -1.18. The maximum Gasteiger partial charge on any atom is 0.335 e. The number of aromatic carboxylic acids is 1. The number of esters is 1. The molecule has 0 saturated heterocycles. The van der Waals surface area contributed by atoms with E-state index < -0.39 is 75.2 Å². The first-order valence-corrected chi connectivity index (χ1v) is 12.3. The van der Waals surface area contributed by atoms with Crippen molar-refractivity contribution >= 4 is 22.9 Å². The Labute approximate surface area is 235 Å². The first kappa shape index (κ1) is 27.6. The summed E-state index contributed by atoms with van der Waals surface area (Å²) in [7, 11) is 1.15. The number of fused-ring (bicyclic) bond motifs is 1. The van der Waals surface area contributed by atoms with Crippen molar-refractivity contribution in [3.63, 3.8) is 0 Å². The van der Waals surface area contributed by atoms with E-state index in [2.05, 4.69) is 0 Å². The average molecular weight is 574 g/mol. The Kier molecular flexibility index (Phi) is 6.96. The molecule has 0 aliphatic rings. The maximum atomic E-state index is 13.2. The maximum absolute atomic E-state index is 13.2. The van der Waals surface area contributed by atoms with Crippen LogP contribution in [0.3, 0.4) is 0 Å². The fourth-order valence-corrected chi connectivity index (χ4v) is 4.64. The van der Waals surface area contributed by atoms with Crippen molar-refractivity contribution in [2.24, 2.45) is 0 Å². The molecule has 5 rings (SSSR count). The van der Waals surface area contributed by atoms with Crippen molar-refractivity contribution in [2.75, 3.05) is 7.11 Å². The van der Waals surface area contributed by atoms with Gasteiger partial charge in [-0.15, -0.1) is 0 Å². The predicted octanol–water partition coefficient (Wildman–Crippen LogP) is 4.64.